The van der Waals surface area contributed by atoms with Crippen LogP contribution in [-0.2, 0) is 5.41 Å². The maximum absolute atomic E-state index is 2.48. The Morgan fingerprint density at radius 3 is 1.88 bits per heavy atom. The zero-order chi connectivity index (χ0) is 38.1. The Morgan fingerprint density at radius 2 is 1.14 bits per heavy atom. The highest BCUT2D eigenvalue weighted by Gasteiger charge is 2.40. The molecule has 1 nitrogen and oxygen atoms in total. The lowest BCUT2D eigenvalue weighted by atomic mass is 9.82. The van der Waals surface area contributed by atoms with Gasteiger partial charge in [-0.25, -0.2) is 0 Å². The third kappa shape index (κ3) is 6.05. The van der Waals surface area contributed by atoms with Gasteiger partial charge in [0.25, 0.3) is 0 Å². The molecule has 0 aromatic heterocycles. The quantitative estimate of drug-likeness (QED) is 0.157. The molecule has 57 heavy (non-hydrogen) atoms. The van der Waals surface area contributed by atoms with E-state index >= 15 is 0 Å². The monoisotopic (exact) mass is 739 g/mol. The molecule has 0 amide bonds. The molecule has 0 saturated heterocycles. The van der Waals surface area contributed by atoms with Crippen molar-refractivity contribution in [1.82, 2.24) is 0 Å². The van der Waals surface area contributed by atoms with Crippen LogP contribution in [0.15, 0.2) is 152 Å². The number of hydrogen-bond donors (Lipinski definition) is 0. The zero-order valence-electron chi connectivity index (χ0n) is 33.6. The summed E-state index contributed by atoms with van der Waals surface area (Å²) in [6.07, 6.45) is 12.5. The van der Waals surface area contributed by atoms with Crippen LogP contribution in [0.3, 0.4) is 0 Å². The normalized spacial score (nSPS) is 20.8. The molecule has 7 aromatic carbocycles. The number of hydrogen-bond acceptors (Lipinski definition) is 1. The van der Waals surface area contributed by atoms with Crippen molar-refractivity contribution in [2.24, 2.45) is 11.8 Å². The molecule has 3 fully saturated rings. The van der Waals surface area contributed by atoms with Gasteiger partial charge < -0.3 is 4.90 Å². The Balaban J connectivity index is 0.954. The SMILES string of the molecule is CC1(C)c2ccc(-c3cccc4ccccc34)cc2-c2ccc(N(c3ccc(-c4ccc(C5CC6CCC5C6)cc4)cc3)c3ccc(C4CCCCC4)cc3)cc21. The lowest BCUT2D eigenvalue weighted by Gasteiger charge is -2.29. The smallest absolute Gasteiger partial charge is 0.0465 e. The fourth-order valence-electron chi connectivity index (χ4n) is 11.7. The van der Waals surface area contributed by atoms with E-state index in [1.54, 1.807) is 5.56 Å². The van der Waals surface area contributed by atoms with Crippen LogP contribution in [0.5, 0.6) is 0 Å². The summed E-state index contributed by atoms with van der Waals surface area (Å²) < 4.78 is 0. The van der Waals surface area contributed by atoms with E-state index < -0.39 is 0 Å². The van der Waals surface area contributed by atoms with Crippen LogP contribution in [0.2, 0.25) is 0 Å². The van der Waals surface area contributed by atoms with Crippen molar-refractivity contribution < 1.29 is 0 Å². The predicted molar refractivity (Wildman–Crippen MR) is 241 cm³/mol. The molecule has 3 atom stereocenters. The maximum Gasteiger partial charge on any atom is 0.0465 e. The van der Waals surface area contributed by atoms with Crippen molar-refractivity contribution in [3.05, 3.63) is 174 Å². The molecular weight excluding hydrogens is 687 g/mol. The summed E-state index contributed by atoms with van der Waals surface area (Å²) in [6, 6.07) is 58.2. The predicted octanol–water partition coefficient (Wildman–Crippen LogP) is 15.9. The van der Waals surface area contributed by atoms with Crippen molar-refractivity contribution in [2.45, 2.75) is 88.9 Å². The Labute approximate surface area is 339 Å². The minimum atomic E-state index is -0.122. The fourth-order valence-corrected chi connectivity index (χ4v) is 11.7. The summed E-state index contributed by atoms with van der Waals surface area (Å²) in [6.45, 7) is 4.80. The van der Waals surface area contributed by atoms with Crippen molar-refractivity contribution >= 4 is 27.8 Å². The van der Waals surface area contributed by atoms with E-state index in [0.717, 1.165) is 17.8 Å². The average Bonchev–Trinajstić information content (AvgIpc) is 3.97. The van der Waals surface area contributed by atoms with Crippen LogP contribution in [0.25, 0.3) is 44.2 Å². The Bertz CT molecular complexity index is 2580. The second-order valence-corrected chi connectivity index (χ2v) is 18.4. The number of rotatable bonds is 7. The molecule has 0 spiro atoms. The van der Waals surface area contributed by atoms with E-state index in [-0.39, 0.29) is 5.41 Å². The van der Waals surface area contributed by atoms with Crippen LogP contribution in [0, 0.1) is 11.8 Å². The van der Waals surface area contributed by atoms with Gasteiger partial charge in [-0.15, -0.1) is 0 Å². The topological polar surface area (TPSA) is 3.24 Å². The van der Waals surface area contributed by atoms with Gasteiger partial charge in [-0.05, 0) is 165 Å². The highest BCUT2D eigenvalue weighted by atomic mass is 15.1. The average molecular weight is 740 g/mol. The van der Waals surface area contributed by atoms with Gasteiger partial charge in [0, 0.05) is 22.5 Å². The van der Waals surface area contributed by atoms with Crippen LogP contribution in [0.1, 0.15) is 106 Å². The molecule has 0 heterocycles. The van der Waals surface area contributed by atoms with Gasteiger partial charge in [-0.3, -0.25) is 0 Å². The second-order valence-electron chi connectivity index (χ2n) is 18.4. The van der Waals surface area contributed by atoms with Crippen molar-refractivity contribution in [3.8, 4) is 33.4 Å². The van der Waals surface area contributed by atoms with Crippen molar-refractivity contribution in [1.29, 1.82) is 0 Å². The summed E-state index contributed by atoms with van der Waals surface area (Å²) in [5, 5.41) is 2.58. The molecule has 11 rings (SSSR count). The largest absolute Gasteiger partial charge is 0.310 e. The molecule has 4 aliphatic rings. The van der Waals surface area contributed by atoms with Crippen LogP contribution < -0.4 is 4.90 Å². The van der Waals surface area contributed by atoms with E-state index in [1.807, 2.05) is 0 Å². The minimum Gasteiger partial charge on any atom is -0.310 e. The van der Waals surface area contributed by atoms with Crippen LogP contribution in [-0.4, -0.2) is 0 Å². The lowest BCUT2D eigenvalue weighted by Crippen LogP contribution is -2.16. The Hall–Kier alpha value is -5.40. The summed E-state index contributed by atoms with van der Waals surface area (Å²) in [5.74, 6) is 3.34. The Morgan fingerprint density at radius 1 is 0.474 bits per heavy atom. The number of nitrogens with zero attached hydrogens (tertiary/aromatic N) is 1. The van der Waals surface area contributed by atoms with Crippen molar-refractivity contribution in [2.75, 3.05) is 4.90 Å². The zero-order valence-corrected chi connectivity index (χ0v) is 33.6. The van der Waals surface area contributed by atoms with Gasteiger partial charge in [0.1, 0.15) is 0 Å². The summed E-state index contributed by atoms with van der Waals surface area (Å²) >= 11 is 0. The van der Waals surface area contributed by atoms with Gasteiger partial charge in [0.05, 0.1) is 0 Å². The number of fused-ring (bicyclic) bond motifs is 6. The third-order valence-electron chi connectivity index (χ3n) is 14.8. The molecule has 0 radical (unpaired) electrons. The molecular formula is C56H53N. The molecule has 282 valence electrons. The molecule has 0 N–H and O–H groups in total. The third-order valence-corrected chi connectivity index (χ3v) is 14.8. The molecule has 0 aliphatic heterocycles. The first-order chi connectivity index (χ1) is 28.0. The van der Waals surface area contributed by atoms with Gasteiger partial charge in [0.15, 0.2) is 0 Å². The first-order valence-electron chi connectivity index (χ1n) is 21.9. The molecule has 7 aromatic rings. The highest BCUT2D eigenvalue weighted by Crippen LogP contribution is 2.54. The highest BCUT2D eigenvalue weighted by molar-refractivity contribution is 5.98. The van der Waals surface area contributed by atoms with E-state index in [4.69, 9.17) is 0 Å². The van der Waals surface area contributed by atoms with E-state index in [1.165, 1.54) is 136 Å². The van der Waals surface area contributed by atoms with E-state index in [0.29, 0.717) is 5.92 Å². The summed E-state index contributed by atoms with van der Waals surface area (Å²) in [4.78, 5) is 2.48. The van der Waals surface area contributed by atoms with Gasteiger partial charge in [0.2, 0.25) is 0 Å². The Kier molecular flexibility index (Phi) is 8.50. The molecule has 4 aliphatic carbocycles. The maximum atomic E-state index is 2.48. The molecule has 3 unspecified atom stereocenters. The second kappa shape index (κ2) is 13.9. The lowest BCUT2D eigenvalue weighted by molar-refractivity contribution is 0.420. The molecule has 3 saturated carbocycles. The van der Waals surface area contributed by atoms with Crippen LogP contribution >= 0.6 is 0 Å². The van der Waals surface area contributed by atoms with Crippen molar-refractivity contribution in [3.63, 3.8) is 0 Å². The number of benzene rings is 7. The van der Waals surface area contributed by atoms with E-state index in [2.05, 4.69) is 170 Å². The molecule has 2 bridgehead atoms. The number of anilines is 3. The fraction of sp³-hybridized carbons (Fsp3) is 0.286. The van der Waals surface area contributed by atoms with Crippen LogP contribution in [0.4, 0.5) is 17.1 Å². The first kappa shape index (κ1) is 34.8. The minimum absolute atomic E-state index is 0.122. The summed E-state index contributed by atoms with van der Waals surface area (Å²) in [7, 11) is 0. The van der Waals surface area contributed by atoms with Gasteiger partial charge in [-0.1, -0.05) is 149 Å². The van der Waals surface area contributed by atoms with Gasteiger partial charge in [-0.2, -0.15) is 0 Å². The summed E-state index contributed by atoms with van der Waals surface area (Å²) in [5.41, 5.74) is 17.2. The van der Waals surface area contributed by atoms with E-state index in [9.17, 15) is 0 Å². The standard InChI is InChI=1S/C56H53N/c1-56(2)54-32-25-45(50-14-8-12-42-11-6-7-13-49(42)50)35-53(54)51-31-30-48(36-55(51)56)57(46-26-21-40(22-27-46)38-9-4-3-5-10-38)47-28-23-41(24-29-47)39-17-19-43(20-18-39)52-34-37-15-16-44(52)33-37/h6-8,11-14,17-32,35-38,44,52H,3-5,9-10,15-16,33-34H2,1-2H3. The first-order valence-corrected chi connectivity index (χ1v) is 21.9. The van der Waals surface area contributed by atoms with Gasteiger partial charge >= 0.3 is 0 Å². The molecule has 1 heteroatoms.